The molecule has 0 bridgehead atoms. The summed E-state index contributed by atoms with van der Waals surface area (Å²) >= 11 is 0. The Kier molecular flexibility index (Phi) is 8.79. The summed E-state index contributed by atoms with van der Waals surface area (Å²) in [6, 6.07) is 35.9. The van der Waals surface area contributed by atoms with Crippen molar-refractivity contribution >= 4 is 46.1 Å². The molecule has 0 fully saturated rings. The van der Waals surface area contributed by atoms with Crippen LogP contribution in [0.25, 0.3) is 23.1 Å². The van der Waals surface area contributed by atoms with Crippen molar-refractivity contribution in [1.82, 2.24) is 4.98 Å². The Morgan fingerprint density at radius 3 is 2.00 bits per heavy atom. The van der Waals surface area contributed by atoms with E-state index in [1.54, 1.807) is 24.3 Å². The number of rotatable bonds is 9. The SMILES string of the molecule is CN(C)c1ccc(C=CC=C2CCC(C=Cc3nc4ccccc4c(C(=O)O)c3O)=C2N(c2ccccc2)c2ccccc2)cc1. The second kappa shape index (κ2) is 13.4. The number of carbonyl (C=O) groups is 1. The Balaban J connectivity index is 1.47. The highest BCUT2D eigenvalue weighted by Crippen LogP contribution is 2.42. The number of aromatic hydroxyl groups is 1. The van der Waals surface area contributed by atoms with Gasteiger partial charge in [0, 0.05) is 36.5 Å². The summed E-state index contributed by atoms with van der Waals surface area (Å²) in [4.78, 5) is 21.1. The number of aromatic carboxylic acids is 1. The fourth-order valence-corrected chi connectivity index (χ4v) is 5.78. The van der Waals surface area contributed by atoms with Crippen LogP contribution in [-0.4, -0.2) is 35.3 Å². The zero-order valence-corrected chi connectivity index (χ0v) is 25.8. The predicted molar refractivity (Wildman–Crippen MR) is 189 cm³/mol. The fraction of sp³-hybridized carbons (Fsp3) is 0.100. The molecule has 0 atom stereocenters. The maximum atomic E-state index is 12.2. The molecule has 1 aromatic heterocycles. The minimum Gasteiger partial charge on any atom is -0.505 e. The maximum absolute atomic E-state index is 12.2. The van der Waals surface area contributed by atoms with Crippen molar-refractivity contribution in [2.75, 3.05) is 23.9 Å². The molecule has 6 nitrogen and oxygen atoms in total. The molecule has 228 valence electrons. The number of carboxylic acid groups (broad SMARTS) is 1. The standard InChI is InChI=1S/C40H35N3O3/c1-42(2)31-25-20-28(21-26-31)12-11-13-29-22-23-30(38(29)43(32-14-5-3-6-15-32)33-16-7-4-8-17-33)24-27-36-39(44)37(40(45)46)34-18-9-10-19-35(34)41-36/h3-21,24-27,44H,22-23H2,1-2H3,(H,45,46). The van der Waals surface area contributed by atoms with Crippen LogP contribution in [0, 0.1) is 0 Å². The van der Waals surface area contributed by atoms with Gasteiger partial charge in [-0.15, -0.1) is 0 Å². The van der Waals surface area contributed by atoms with Gasteiger partial charge in [0.1, 0.15) is 11.3 Å². The van der Waals surface area contributed by atoms with Crippen LogP contribution in [0.15, 0.2) is 144 Å². The first kappa shape index (κ1) is 30.2. The minimum atomic E-state index is -1.20. The van der Waals surface area contributed by atoms with Crippen LogP contribution in [-0.2, 0) is 0 Å². The molecule has 0 radical (unpaired) electrons. The fourth-order valence-electron chi connectivity index (χ4n) is 5.78. The van der Waals surface area contributed by atoms with Gasteiger partial charge in [0.25, 0.3) is 0 Å². The van der Waals surface area contributed by atoms with E-state index in [-0.39, 0.29) is 17.0 Å². The van der Waals surface area contributed by atoms with Crippen LogP contribution in [0.3, 0.4) is 0 Å². The number of carboxylic acids is 1. The van der Waals surface area contributed by atoms with Crippen molar-refractivity contribution in [3.63, 3.8) is 0 Å². The zero-order valence-electron chi connectivity index (χ0n) is 25.8. The van der Waals surface area contributed by atoms with E-state index < -0.39 is 5.97 Å². The summed E-state index contributed by atoms with van der Waals surface area (Å²) in [7, 11) is 4.06. The Labute approximate surface area is 269 Å². The number of pyridine rings is 1. The van der Waals surface area contributed by atoms with Gasteiger partial charge < -0.3 is 20.0 Å². The van der Waals surface area contributed by atoms with Crippen LogP contribution < -0.4 is 9.80 Å². The number of benzene rings is 4. The lowest BCUT2D eigenvalue weighted by molar-refractivity contribution is 0.0696. The molecular weight excluding hydrogens is 570 g/mol. The van der Waals surface area contributed by atoms with Gasteiger partial charge in [-0.2, -0.15) is 0 Å². The Morgan fingerprint density at radius 1 is 0.739 bits per heavy atom. The Bertz CT molecular complexity index is 1950. The third-order valence-electron chi connectivity index (χ3n) is 8.07. The lowest BCUT2D eigenvalue weighted by atomic mass is 10.0. The second-order valence-corrected chi connectivity index (χ2v) is 11.3. The van der Waals surface area contributed by atoms with E-state index in [9.17, 15) is 15.0 Å². The van der Waals surface area contributed by atoms with Crippen LogP contribution in [0.4, 0.5) is 17.1 Å². The normalized spacial score (nSPS) is 14.2. The lowest BCUT2D eigenvalue weighted by Gasteiger charge is -2.28. The second-order valence-electron chi connectivity index (χ2n) is 11.3. The van der Waals surface area contributed by atoms with Gasteiger partial charge in [0.15, 0.2) is 5.75 Å². The summed E-state index contributed by atoms with van der Waals surface area (Å²) in [5.41, 5.74) is 8.13. The molecule has 1 aliphatic carbocycles. The Hall–Kier alpha value is -5.88. The maximum Gasteiger partial charge on any atom is 0.340 e. The summed E-state index contributed by atoms with van der Waals surface area (Å²) in [6.45, 7) is 0. The number of fused-ring (bicyclic) bond motifs is 1. The highest BCUT2D eigenvalue weighted by Gasteiger charge is 2.26. The average Bonchev–Trinajstić information content (AvgIpc) is 3.46. The molecule has 1 aliphatic rings. The molecule has 6 heteroatoms. The summed E-state index contributed by atoms with van der Waals surface area (Å²) in [5, 5.41) is 21.4. The molecule has 0 aliphatic heterocycles. The van der Waals surface area contributed by atoms with Gasteiger partial charge in [0.2, 0.25) is 0 Å². The quantitative estimate of drug-likeness (QED) is 0.174. The highest BCUT2D eigenvalue weighted by atomic mass is 16.4. The highest BCUT2D eigenvalue weighted by molar-refractivity contribution is 6.06. The molecule has 0 saturated heterocycles. The topological polar surface area (TPSA) is 76.9 Å². The lowest BCUT2D eigenvalue weighted by Crippen LogP contribution is -2.17. The minimum absolute atomic E-state index is 0.148. The van der Waals surface area contributed by atoms with Gasteiger partial charge in [-0.3, -0.25) is 0 Å². The van der Waals surface area contributed by atoms with Gasteiger partial charge in [-0.1, -0.05) is 91.0 Å². The van der Waals surface area contributed by atoms with Crippen molar-refractivity contribution in [1.29, 1.82) is 0 Å². The number of aromatic nitrogens is 1. The largest absolute Gasteiger partial charge is 0.505 e. The first-order valence-corrected chi connectivity index (χ1v) is 15.2. The van der Waals surface area contributed by atoms with E-state index in [1.807, 2.05) is 62.6 Å². The van der Waals surface area contributed by atoms with E-state index >= 15 is 0 Å². The monoisotopic (exact) mass is 605 g/mol. The zero-order chi connectivity index (χ0) is 32.0. The van der Waals surface area contributed by atoms with Crippen molar-refractivity contribution in [2.24, 2.45) is 0 Å². The van der Waals surface area contributed by atoms with Gasteiger partial charge in [0.05, 0.1) is 11.2 Å². The first-order valence-electron chi connectivity index (χ1n) is 15.2. The number of nitrogens with zero attached hydrogens (tertiary/aromatic N) is 3. The van der Waals surface area contributed by atoms with Crippen molar-refractivity contribution < 1.29 is 15.0 Å². The number of para-hydroxylation sites is 3. The molecular formula is C40H35N3O3. The molecule has 0 unspecified atom stereocenters. The van der Waals surface area contributed by atoms with Crippen molar-refractivity contribution in [3.05, 3.63) is 161 Å². The van der Waals surface area contributed by atoms with E-state index in [2.05, 4.69) is 81.5 Å². The molecule has 4 aromatic carbocycles. The van der Waals surface area contributed by atoms with Gasteiger partial charge in [-0.05, 0) is 78.1 Å². The molecule has 5 aromatic rings. The van der Waals surface area contributed by atoms with Crippen LogP contribution in [0.2, 0.25) is 0 Å². The third kappa shape index (κ3) is 6.33. The van der Waals surface area contributed by atoms with Crippen LogP contribution in [0.5, 0.6) is 5.75 Å². The molecule has 6 rings (SSSR count). The number of hydrogen-bond acceptors (Lipinski definition) is 5. The smallest absolute Gasteiger partial charge is 0.340 e. The van der Waals surface area contributed by atoms with E-state index in [1.165, 1.54) is 0 Å². The molecule has 46 heavy (non-hydrogen) atoms. The average molecular weight is 606 g/mol. The summed E-state index contributed by atoms with van der Waals surface area (Å²) in [5.74, 6) is -1.54. The molecule has 2 N–H and O–H groups in total. The van der Waals surface area contributed by atoms with Crippen molar-refractivity contribution in [2.45, 2.75) is 12.8 Å². The molecule has 0 saturated carbocycles. The molecule has 1 heterocycles. The van der Waals surface area contributed by atoms with Gasteiger partial charge >= 0.3 is 5.97 Å². The summed E-state index contributed by atoms with van der Waals surface area (Å²) in [6.07, 6.45) is 11.6. The molecule has 0 spiro atoms. The predicted octanol–water partition coefficient (Wildman–Crippen LogP) is 9.24. The number of hydrogen-bond donors (Lipinski definition) is 2. The first-order chi connectivity index (χ1) is 22.4. The summed E-state index contributed by atoms with van der Waals surface area (Å²) < 4.78 is 0. The number of anilines is 3. The van der Waals surface area contributed by atoms with Crippen LogP contribution in [0.1, 0.15) is 34.5 Å². The molecule has 0 amide bonds. The number of allylic oxidation sites excluding steroid dienone is 5. The Morgan fingerprint density at radius 2 is 1.37 bits per heavy atom. The van der Waals surface area contributed by atoms with E-state index in [0.717, 1.165) is 52.3 Å². The van der Waals surface area contributed by atoms with Crippen LogP contribution >= 0.6 is 0 Å². The van der Waals surface area contributed by atoms with Crippen molar-refractivity contribution in [3.8, 4) is 5.75 Å². The van der Waals surface area contributed by atoms with E-state index in [4.69, 9.17) is 0 Å². The van der Waals surface area contributed by atoms with Gasteiger partial charge in [-0.25, -0.2) is 9.78 Å². The van der Waals surface area contributed by atoms with E-state index in [0.29, 0.717) is 10.9 Å². The third-order valence-corrected chi connectivity index (χ3v) is 8.07.